The molecule has 0 saturated heterocycles. The molecule has 0 fully saturated rings. The lowest BCUT2D eigenvalue weighted by Gasteiger charge is -1.84. The average molecular weight is 227 g/mol. The van der Waals surface area contributed by atoms with Crippen molar-refractivity contribution in [1.29, 1.82) is 5.26 Å². The van der Waals surface area contributed by atoms with Crippen molar-refractivity contribution in [3.63, 3.8) is 0 Å². The maximum absolute atomic E-state index is 8.58. The fourth-order valence-corrected chi connectivity index (χ4v) is 2.58. The number of thiazole rings is 1. The summed E-state index contributed by atoms with van der Waals surface area (Å²) in [4.78, 5) is 5.12. The molecular weight excluding hydrogens is 224 g/mol. The molecule has 0 amide bonds. The van der Waals surface area contributed by atoms with Crippen LogP contribution in [0.4, 0.5) is 0 Å². The molecule has 0 saturated carbocycles. The zero-order chi connectivity index (χ0) is 9.26. The standard InChI is InChI=1S/C8H3ClN2S2/c9-7-2-1-6(13-7)5-4-12-8(3-10)11-5/h1-2,4H. The first kappa shape index (κ1) is 8.70. The highest BCUT2D eigenvalue weighted by atomic mass is 35.5. The number of halogens is 1. The highest BCUT2D eigenvalue weighted by Gasteiger charge is 2.05. The van der Waals surface area contributed by atoms with Crippen LogP contribution in [0.2, 0.25) is 4.34 Å². The SMILES string of the molecule is N#Cc1nc(-c2ccc(Cl)s2)cs1. The van der Waals surface area contributed by atoms with Crippen molar-refractivity contribution in [3.8, 4) is 16.6 Å². The van der Waals surface area contributed by atoms with Crippen molar-refractivity contribution >= 4 is 34.3 Å². The van der Waals surface area contributed by atoms with Gasteiger partial charge in [0.2, 0.25) is 0 Å². The van der Waals surface area contributed by atoms with E-state index in [1.165, 1.54) is 22.7 Å². The summed E-state index contributed by atoms with van der Waals surface area (Å²) in [5, 5.41) is 10.9. The molecule has 0 aliphatic heterocycles. The Morgan fingerprint density at radius 3 is 2.85 bits per heavy atom. The summed E-state index contributed by atoms with van der Waals surface area (Å²) in [6, 6.07) is 5.74. The molecule has 0 atom stereocenters. The first-order chi connectivity index (χ1) is 6.29. The number of hydrogen-bond acceptors (Lipinski definition) is 4. The molecule has 2 nitrogen and oxygen atoms in total. The van der Waals surface area contributed by atoms with Crippen molar-refractivity contribution in [2.24, 2.45) is 0 Å². The van der Waals surface area contributed by atoms with Crippen molar-refractivity contribution in [1.82, 2.24) is 4.98 Å². The van der Waals surface area contributed by atoms with Gasteiger partial charge in [0.15, 0.2) is 5.01 Å². The van der Waals surface area contributed by atoms with Crippen LogP contribution in [-0.4, -0.2) is 4.98 Å². The Kier molecular flexibility index (Phi) is 2.32. The van der Waals surface area contributed by atoms with E-state index in [1.54, 1.807) is 0 Å². The fraction of sp³-hybridized carbons (Fsp3) is 0. The summed E-state index contributed by atoms with van der Waals surface area (Å²) in [6.07, 6.45) is 0. The number of thiophene rings is 1. The highest BCUT2D eigenvalue weighted by Crippen LogP contribution is 2.31. The monoisotopic (exact) mass is 226 g/mol. The molecule has 0 unspecified atom stereocenters. The molecule has 2 rings (SSSR count). The molecule has 0 bridgehead atoms. The van der Waals surface area contributed by atoms with Crippen LogP contribution in [0.15, 0.2) is 17.5 Å². The zero-order valence-electron chi connectivity index (χ0n) is 6.32. The van der Waals surface area contributed by atoms with Gasteiger partial charge in [-0.2, -0.15) is 5.26 Å². The number of nitriles is 1. The maximum Gasteiger partial charge on any atom is 0.194 e. The molecule has 5 heteroatoms. The minimum Gasteiger partial charge on any atom is -0.225 e. The second-order valence-corrected chi connectivity index (χ2v) is 4.83. The predicted octanol–water partition coefficient (Wildman–Crippen LogP) is 3.40. The molecule has 2 aromatic rings. The Morgan fingerprint density at radius 2 is 2.31 bits per heavy atom. The van der Waals surface area contributed by atoms with Gasteiger partial charge in [0.1, 0.15) is 6.07 Å². The molecule has 0 aromatic carbocycles. The number of aromatic nitrogens is 1. The number of hydrogen-bond donors (Lipinski definition) is 0. The van der Waals surface area contributed by atoms with E-state index in [1.807, 2.05) is 23.6 Å². The molecule has 0 radical (unpaired) electrons. The lowest BCUT2D eigenvalue weighted by Crippen LogP contribution is -1.71. The second-order valence-electron chi connectivity index (χ2n) is 2.25. The molecule has 0 N–H and O–H groups in total. The van der Waals surface area contributed by atoms with Crippen LogP contribution in [0.1, 0.15) is 5.01 Å². The minimum atomic E-state index is 0.486. The Hall–Kier alpha value is -0.890. The summed E-state index contributed by atoms with van der Waals surface area (Å²) >= 11 is 8.59. The van der Waals surface area contributed by atoms with Crippen LogP contribution in [0.5, 0.6) is 0 Å². The average Bonchev–Trinajstić information content (AvgIpc) is 2.71. The predicted molar refractivity (Wildman–Crippen MR) is 55.2 cm³/mol. The molecule has 2 aromatic heterocycles. The maximum atomic E-state index is 8.58. The summed E-state index contributed by atoms with van der Waals surface area (Å²) in [5.74, 6) is 0. The van der Waals surface area contributed by atoms with Crippen molar-refractivity contribution in [3.05, 3.63) is 26.9 Å². The van der Waals surface area contributed by atoms with Crippen LogP contribution in [0.3, 0.4) is 0 Å². The molecule has 2 heterocycles. The minimum absolute atomic E-state index is 0.486. The summed E-state index contributed by atoms with van der Waals surface area (Å²) < 4.78 is 0.738. The van der Waals surface area contributed by atoms with E-state index < -0.39 is 0 Å². The van der Waals surface area contributed by atoms with E-state index >= 15 is 0 Å². The van der Waals surface area contributed by atoms with Crippen LogP contribution < -0.4 is 0 Å². The normalized spacial score (nSPS) is 9.85. The first-order valence-corrected chi connectivity index (χ1v) is 5.48. The number of nitrogens with zero attached hydrogens (tertiary/aromatic N) is 2. The molecule has 0 spiro atoms. The number of rotatable bonds is 1. The second kappa shape index (κ2) is 3.46. The van der Waals surface area contributed by atoms with E-state index in [0.717, 1.165) is 14.9 Å². The Morgan fingerprint density at radius 1 is 1.46 bits per heavy atom. The molecule has 64 valence electrons. The van der Waals surface area contributed by atoms with Crippen LogP contribution >= 0.6 is 34.3 Å². The lowest BCUT2D eigenvalue weighted by molar-refractivity contribution is 1.36. The van der Waals surface area contributed by atoms with Gasteiger partial charge in [0, 0.05) is 5.38 Å². The highest BCUT2D eigenvalue weighted by molar-refractivity contribution is 7.19. The van der Waals surface area contributed by atoms with E-state index in [4.69, 9.17) is 16.9 Å². The van der Waals surface area contributed by atoms with Gasteiger partial charge in [-0.1, -0.05) is 11.6 Å². The molecule has 0 aliphatic rings. The van der Waals surface area contributed by atoms with Gasteiger partial charge in [0.25, 0.3) is 0 Å². The van der Waals surface area contributed by atoms with Gasteiger partial charge in [-0.25, -0.2) is 4.98 Å². The Bertz CT molecular complexity index is 466. The quantitative estimate of drug-likeness (QED) is 0.747. The van der Waals surface area contributed by atoms with Crippen molar-refractivity contribution in [2.75, 3.05) is 0 Å². The zero-order valence-corrected chi connectivity index (χ0v) is 8.71. The molecule has 13 heavy (non-hydrogen) atoms. The van der Waals surface area contributed by atoms with Gasteiger partial charge in [-0.05, 0) is 12.1 Å². The van der Waals surface area contributed by atoms with Crippen LogP contribution in [0, 0.1) is 11.3 Å². The van der Waals surface area contributed by atoms with E-state index in [-0.39, 0.29) is 0 Å². The Balaban J connectivity index is 2.42. The van der Waals surface area contributed by atoms with E-state index in [0.29, 0.717) is 5.01 Å². The Labute approximate surface area is 88.0 Å². The third-order valence-corrected chi connectivity index (χ3v) is 3.43. The van der Waals surface area contributed by atoms with Crippen LogP contribution in [0.25, 0.3) is 10.6 Å². The van der Waals surface area contributed by atoms with Gasteiger partial charge in [0.05, 0.1) is 14.9 Å². The van der Waals surface area contributed by atoms with Gasteiger partial charge >= 0.3 is 0 Å². The summed E-state index contributed by atoms with van der Waals surface area (Å²) in [6.45, 7) is 0. The molecule has 0 aliphatic carbocycles. The smallest absolute Gasteiger partial charge is 0.194 e. The summed E-state index contributed by atoms with van der Waals surface area (Å²) in [5.41, 5.74) is 0.832. The lowest BCUT2D eigenvalue weighted by atomic mass is 10.4. The summed E-state index contributed by atoms with van der Waals surface area (Å²) in [7, 11) is 0. The van der Waals surface area contributed by atoms with Crippen molar-refractivity contribution < 1.29 is 0 Å². The first-order valence-electron chi connectivity index (χ1n) is 3.41. The van der Waals surface area contributed by atoms with Gasteiger partial charge in [-0.15, -0.1) is 22.7 Å². The topological polar surface area (TPSA) is 36.7 Å². The van der Waals surface area contributed by atoms with E-state index in [9.17, 15) is 0 Å². The third kappa shape index (κ3) is 1.73. The fourth-order valence-electron chi connectivity index (χ4n) is 0.890. The largest absolute Gasteiger partial charge is 0.225 e. The van der Waals surface area contributed by atoms with Crippen LogP contribution in [-0.2, 0) is 0 Å². The van der Waals surface area contributed by atoms with E-state index in [2.05, 4.69) is 4.98 Å². The van der Waals surface area contributed by atoms with Gasteiger partial charge in [-0.3, -0.25) is 0 Å². The third-order valence-electron chi connectivity index (χ3n) is 1.43. The van der Waals surface area contributed by atoms with Crippen molar-refractivity contribution in [2.45, 2.75) is 0 Å². The van der Waals surface area contributed by atoms with Gasteiger partial charge < -0.3 is 0 Å². The molecular formula is C8H3ClN2S2.